The van der Waals surface area contributed by atoms with E-state index in [0.717, 1.165) is 23.2 Å². The molecule has 0 aliphatic carbocycles. The zero-order chi connectivity index (χ0) is 15.5. The third-order valence-electron chi connectivity index (χ3n) is 3.61. The van der Waals surface area contributed by atoms with Gasteiger partial charge in [0.2, 0.25) is 11.0 Å². The molecule has 0 saturated carbocycles. The largest absolute Gasteiger partial charge is 0.350 e. The minimum atomic E-state index is -0.253. The van der Waals surface area contributed by atoms with Gasteiger partial charge in [-0.25, -0.2) is 4.39 Å². The second kappa shape index (κ2) is 6.39. The van der Waals surface area contributed by atoms with Gasteiger partial charge in [0.05, 0.1) is 6.04 Å². The van der Waals surface area contributed by atoms with Gasteiger partial charge in [-0.1, -0.05) is 29.5 Å². The lowest BCUT2D eigenvalue weighted by atomic mass is 10.1. The summed E-state index contributed by atoms with van der Waals surface area (Å²) in [5, 5.41) is 12.9. The average Bonchev–Trinajstić information content (AvgIpc) is 2.87. The van der Waals surface area contributed by atoms with Gasteiger partial charge in [-0.3, -0.25) is 4.79 Å². The van der Waals surface area contributed by atoms with Gasteiger partial charge >= 0.3 is 0 Å². The smallest absolute Gasteiger partial charge is 0.220 e. The Kier molecular flexibility index (Phi) is 4.33. The molecule has 0 unspecified atom stereocenters. The van der Waals surface area contributed by atoms with E-state index in [-0.39, 0.29) is 17.8 Å². The molecule has 1 saturated heterocycles. The van der Waals surface area contributed by atoms with Crippen LogP contribution in [0.15, 0.2) is 24.3 Å². The van der Waals surface area contributed by atoms with Crippen molar-refractivity contribution in [2.75, 3.05) is 18.0 Å². The third-order valence-corrected chi connectivity index (χ3v) is 4.51. The SMILES string of the molecule is Cc1nnc(N2CC(NC(=O)CCc3ccccc3F)C2)s1. The monoisotopic (exact) mass is 320 g/mol. The van der Waals surface area contributed by atoms with Gasteiger partial charge in [0.15, 0.2) is 0 Å². The summed E-state index contributed by atoms with van der Waals surface area (Å²) >= 11 is 1.55. The molecule has 0 atom stereocenters. The van der Waals surface area contributed by atoms with E-state index in [1.165, 1.54) is 6.07 Å². The van der Waals surface area contributed by atoms with Crippen molar-refractivity contribution in [1.82, 2.24) is 15.5 Å². The van der Waals surface area contributed by atoms with Gasteiger partial charge in [-0.15, -0.1) is 10.2 Å². The highest BCUT2D eigenvalue weighted by molar-refractivity contribution is 7.15. The summed E-state index contributed by atoms with van der Waals surface area (Å²) in [6, 6.07) is 6.70. The second-order valence-corrected chi connectivity index (χ2v) is 6.52. The van der Waals surface area contributed by atoms with E-state index in [1.807, 2.05) is 6.92 Å². The molecule has 7 heteroatoms. The molecule has 1 aliphatic heterocycles. The van der Waals surface area contributed by atoms with Gasteiger partial charge in [-0.05, 0) is 25.0 Å². The lowest BCUT2D eigenvalue weighted by Crippen LogP contribution is -2.59. The molecule has 2 heterocycles. The molecule has 1 fully saturated rings. The highest BCUT2D eigenvalue weighted by Gasteiger charge is 2.30. The topological polar surface area (TPSA) is 58.1 Å². The van der Waals surface area contributed by atoms with Crippen LogP contribution >= 0.6 is 11.3 Å². The summed E-state index contributed by atoms with van der Waals surface area (Å²) in [6.45, 7) is 3.42. The average molecular weight is 320 g/mol. The van der Waals surface area contributed by atoms with E-state index in [2.05, 4.69) is 20.4 Å². The van der Waals surface area contributed by atoms with E-state index in [4.69, 9.17) is 0 Å². The van der Waals surface area contributed by atoms with Crippen LogP contribution in [-0.2, 0) is 11.2 Å². The maximum Gasteiger partial charge on any atom is 0.220 e. The maximum atomic E-state index is 13.5. The fourth-order valence-corrected chi connectivity index (χ4v) is 3.09. The molecule has 0 spiro atoms. The van der Waals surface area contributed by atoms with Crippen LogP contribution < -0.4 is 10.2 Å². The third kappa shape index (κ3) is 3.41. The molecular weight excluding hydrogens is 303 g/mol. The first kappa shape index (κ1) is 14.9. The summed E-state index contributed by atoms with van der Waals surface area (Å²) in [4.78, 5) is 14.0. The Morgan fingerprint density at radius 3 is 2.86 bits per heavy atom. The number of benzene rings is 1. The number of nitrogens with one attached hydrogen (secondary N) is 1. The van der Waals surface area contributed by atoms with Crippen molar-refractivity contribution >= 4 is 22.4 Å². The first-order valence-corrected chi connectivity index (χ1v) is 8.01. The number of nitrogens with zero attached hydrogens (tertiary/aromatic N) is 3. The van der Waals surface area contributed by atoms with Crippen molar-refractivity contribution in [1.29, 1.82) is 0 Å². The van der Waals surface area contributed by atoms with Crippen LogP contribution in [0.25, 0.3) is 0 Å². The Hall–Kier alpha value is -2.02. The minimum Gasteiger partial charge on any atom is -0.350 e. The highest BCUT2D eigenvalue weighted by atomic mass is 32.1. The first-order chi connectivity index (χ1) is 10.6. The molecule has 116 valence electrons. The number of rotatable bonds is 5. The van der Waals surface area contributed by atoms with Gasteiger partial charge in [0.25, 0.3) is 0 Å². The van der Waals surface area contributed by atoms with Crippen molar-refractivity contribution in [3.8, 4) is 0 Å². The second-order valence-electron chi connectivity index (χ2n) is 5.36. The summed E-state index contributed by atoms with van der Waals surface area (Å²) in [5.41, 5.74) is 0.581. The van der Waals surface area contributed by atoms with Crippen LogP contribution in [0.2, 0.25) is 0 Å². The zero-order valence-corrected chi connectivity index (χ0v) is 13.1. The molecule has 5 nitrogen and oxygen atoms in total. The predicted molar refractivity (Wildman–Crippen MR) is 83.5 cm³/mol. The van der Waals surface area contributed by atoms with Crippen molar-refractivity contribution in [2.45, 2.75) is 25.8 Å². The maximum absolute atomic E-state index is 13.5. The first-order valence-electron chi connectivity index (χ1n) is 7.19. The zero-order valence-electron chi connectivity index (χ0n) is 12.3. The molecule has 0 radical (unpaired) electrons. The quantitative estimate of drug-likeness (QED) is 0.914. The minimum absolute atomic E-state index is 0.0404. The Morgan fingerprint density at radius 2 is 2.18 bits per heavy atom. The molecule has 1 amide bonds. The van der Waals surface area contributed by atoms with Gasteiger partial charge < -0.3 is 10.2 Å². The molecule has 1 aromatic heterocycles. The Bertz CT molecular complexity index is 669. The van der Waals surface area contributed by atoms with Gasteiger partial charge in [0, 0.05) is 19.5 Å². The molecule has 3 rings (SSSR count). The summed E-state index contributed by atoms with van der Waals surface area (Å²) in [6.07, 6.45) is 0.722. The fraction of sp³-hybridized carbons (Fsp3) is 0.400. The van der Waals surface area contributed by atoms with E-state index < -0.39 is 0 Å². The molecule has 0 bridgehead atoms. The van der Waals surface area contributed by atoms with Crippen molar-refractivity contribution in [2.24, 2.45) is 0 Å². The van der Waals surface area contributed by atoms with E-state index in [0.29, 0.717) is 18.4 Å². The summed E-state index contributed by atoms with van der Waals surface area (Å²) in [5.74, 6) is -0.293. The molecule has 1 N–H and O–H groups in total. The Labute approximate surface area is 132 Å². The highest BCUT2D eigenvalue weighted by Crippen LogP contribution is 2.24. The van der Waals surface area contributed by atoms with E-state index in [9.17, 15) is 9.18 Å². The normalized spacial score (nSPS) is 14.7. The van der Waals surface area contributed by atoms with Crippen molar-refractivity contribution in [3.63, 3.8) is 0 Å². The fourth-order valence-electron chi connectivity index (χ4n) is 2.39. The van der Waals surface area contributed by atoms with Crippen LogP contribution in [0.1, 0.15) is 17.0 Å². The number of carbonyl (C=O) groups excluding carboxylic acids is 1. The van der Waals surface area contributed by atoms with Crippen molar-refractivity contribution < 1.29 is 9.18 Å². The van der Waals surface area contributed by atoms with Crippen LogP contribution in [0.5, 0.6) is 0 Å². The number of amides is 1. The number of hydrogen-bond donors (Lipinski definition) is 1. The van der Waals surface area contributed by atoms with Crippen LogP contribution in [0.4, 0.5) is 9.52 Å². The number of hydrogen-bond acceptors (Lipinski definition) is 5. The number of anilines is 1. The predicted octanol–water partition coefficient (Wildman–Crippen LogP) is 1.92. The molecule has 1 aromatic carbocycles. The molecule has 22 heavy (non-hydrogen) atoms. The number of carbonyl (C=O) groups is 1. The van der Waals surface area contributed by atoms with Crippen molar-refractivity contribution in [3.05, 3.63) is 40.7 Å². The molecule has 1 aliphatic rings. The lowest BCUT2D eigenvalue weighted by Gasteiger charge is -2.39. The van der Waals surface area contributed by atoms with Crippen LogP contribution in [-0.4, -0.2) is 35.2 Å². The lowest BCUT2D eigenvalue weighted by molar-refractivity contribution is -0.121. The van der Waals surface area contributed by atoms with Crippen LogP contribution in [0, 0.1) is 12.7 Å². The standard InChI is InChI=1S/C15H17FN4OS/c1-10-18-19-15(22-10)20-8-12(9-20)17-14(21)7-6-11-4-2-3-5-13(11)16/h2-5,12H,6-9H2,1H3,(H,17,21). The van der Waals surface area contributed by atoms with Crippen LogP contribution in [0.3, 0.4) is 0 Å². The van der Waals surface area contributed by atoms with Gasteiger partial charge in [0.1, 0.15) is 10.8 Å². The Balaban J connectivity index is 1.41. The number of halogens is 1. The molecular formula is C15H17FN4OS. The summed E-state index contributed by atoms with van der Waals surface area (Å²) < 4.78 is 13.5. The number of aromatic nitrogens is 2. The van der Waals surface area contributed by atoms with E-state index >= 15 is 0 Å². The number of aryl methyl sites for hydroxylation is 2. The Morgan fingerprint density at radius 1 is 1.41 bits per heavy atom. The molecule has 2 aromatic rings. The van der Waals surface area contributed by atoms with E-state index in [1.54, 1.807) is 29.5 Å². The van der Waals surface area contributed by atoms with Gasteiger partial charge in [-0.2, -0.15) is 0 Å². The summed E-state index contributed by atoms with van der Waals surface area (Å²) in [7, 11) is 0.